The molecule has 1 aromatic heterocycles. The van der Waals surface area contributed by atoms with Gasteiger partial charge in [-0.1, -0.05) is 69.4 Å². The monoisotopic (exact) mass is 321 g/mol. The van der Waals surface area contributed by atoms with Crippen LogP contribution in [0.5, 0.6) is 0 Å². The fraction of sp³-hybridized carbons (Fsp3) is 0.474. The Morgan fingerprint density at radius 3 is 2.36 bits per heavy atom. The van der Waals surface area contributed by atoms with Crippen LogP contribution in [-0.2, 0) is 6.54 Å². The summed E-state index contributed by atoms with van der Waals surface area (Å²) in [6.45, 7) is 4.16. The van der Waals surface area contributed by atoms with Crippen LogP contribution in [0.3, 0.4) is 0 Å². The largest absolute Gasteiger partial charge is 0.460 e. The molecule has 1 N–H and O–H groups in total. The molecule has 0 aliphatic carbocycles. The lowest BCUT2D eigenvalue weighted by Gasteiger charge is -2.03. The van der Waals surface area contributed by atoms with Crippen molar-refractivity contribution >= 4 is 12.4 Å². The number of nitrogens with one attached hydrogen (secondary N) is 1. The average molecular weight is 322 g/mol. The zero-order valence-corrected chi connectivity index (χ0v) is 14.3. The van der Waals surface area contributed by atoms with Crippen LogP contribution in [0.2, 0.25) is 0 Å². The first-order chi connectivity index (χ1) is 10.4. The lowest BCUT2D eigenvalue weighted by Crippen LogP contribution is -2.14. The second kappa shape index (κ2) is 11.3. The van der Waals surface area contributed by atoms with Crippen molar-refractivity contribution in [2.24, 2.45) is 0 Å². The number of benzene rings is 1. The van der Waals surface area contributed by atoms with Crippen LogP contribution < -0.4 is 5.32 Å². The molecule has 0 unspecified atom stereocenters. The minimum Gasteiger partial charge on any atom is -0.460 e. The second-order valence-electron chi connectivity index (χ2n) is 5.58. The van der Waals surface area contributed by atoms with Gasteiger partial charge in [-0.2, -0.15) is 0 Å². The van der Waals surface area contributed by atoms with Gasteiger partial charge in [-0.3, -0.25) is 0 Å². The molecule has 2 nitrogen and oxygen atoms in total. The highest BCUT2D eigenvalue weighted by Crippen LogP contribution is 2.21. The molecule has 0 saturated carbocycles. The predicted molar refractivity (Wildman–Crippen MR) is 96.5 cm³/mol. The molecule has 0 radical (unpaired) electrons. The summed E-state index contributed by atoms with van der Waals surface area (Å²) in [6.07, 6.45) is 8.04. The molecule has 122 valence electrons. The van der Waals surface area contributed by atoms with Crippen LogP contribution in [0.25, 0.3) is 11.3 Å². The van der Waals surface area contributed by atoms with Gasteiger partial charge in [-0.25, -0.2) is 0 Å². The number of furan rings is 1. The van der Waals surface area contributed by atoms with E-state index in [4.69, 9.17) is 4.42 Å². The van der Waals surface area contributed by atoms with E-state index in [-0.39, 0.29) is 12.4 Å². The number of hydrogen-bond acceptors (Lipinski definition) is 2. The fourth-order valence-electron chi connectivity index (χ4n) is 2.47. The summed E-state index contributed by atoms with van der Waals surface area (Å²) in [6, 6.07) is 14.4. The van der Waals surface area contributed by atoms with E-state index in [1.54, 1.807) is 0 Å². The van der Waals surface area contributed by atoms with Gasteiger partial charge in [0.05, 0.1) is 6.54 Å². The zero-order chi connectivity index (χ0) is 14.8. The molecule has 0 spiro atoms. The third-order valence-electron chi connectivity index (χ3n) is 3.73. The van der Waals surface area contributed by atoms with E-state index in [0.29, 0.717) is 0 Å². The average Bonchev–Trinajstić information content (AvgIpc) is 3.00. The van der Waals surface area contributed by atoms with Crippen molar-refractivity contribution in [1.29, 1.82) is 0 Å². The highest BCUT2D eigenvalue weighted by Gasteiger charge is 2.03. The summed E-state index contributed by atoms with van der Waals surface area (Å²) < 4.78 is 5.87. The van der Waals surface area contributed by atoms with Crippen molar-refractivity contribution in [2.45, 2.75) is 52.0 Å². The van der Waals surface area contributed by atoms with Gasteiger partial charge in [0, 0.05) is 5.56 Å². The summed E-state index contributed by atoms with van der Waals surface area (Å²) >= 11 is 0. The van der Waals surface area contributed by atoms with Crippen molar-refractivity contribution in [3.05, 3.63) is 48.2 Å². The Bertz CT molecular complexity index is 495. The molecule has 0 fully saturated rings. The van der Waals surface area contributed by atoms with E-state index in [1.165, 1.54) is 38.5 Å². The summed E-state index contributed by atoms with van der Waals surface area (Å²) in [5.41, 5.74) is 1.14. The number of unbranched alkanes of at least 4 members (excludes halogenated alkanes) is 5. The number of halogens is 1. The lowest BCUT2D eigenvalue weighted by atomic mass is 10.1. The van der Waals surface area contributed by atoms with E-state index in [1.807, 2.05) is 18.2 Å². The highest BCUT2D eigenvalue weighted by molar-refractivity contribution is 5.85. The Morgan fingerprint density at radius 2 is 1.59 bits per heavy atom. The second-order valence-corrected chi connectivity index (χ2v) is 5.58. The first-order valence-corrected chi connectivity index (χ1v) is 8.25. The van der Waals surface area contributed by atoms with Crippen LogP contribution in [0.15, 0.2) is 46.9 Å². The molecule has 1 aromatic carbocycles. The van der Waals surface area contributed by atoms with E-state index in [2.05, 4.69) is 36.5 Å². The van der Waals surface area contributed by atoms with Crippen LogP contribution >= 0.6 is 12.4 Å². The molecule has 0 aliphatic rings. The zero-order valence-electron chi connectivity index (χ0n) is 13.5. The van der Waals surface area contributed by atoms with Crippen molar-refractivity contribution < 1.29 is 4.42 Å². The van der Waals surface area contributed by atoms with Crippen molar-refractivity contribution in [3.8, 4) is 11.3 Å². The minimum absolute atomic E-state index is 0. The molecule has 22 heavy (non-hydrogen) atoms. The van der Waals surface area contributed by atoms with Gasteiger partial charge in [0.2, 0.25) is 0 Å². The van der Waals surface area contributed by atoms with E-state index < -0.39 is 0 Å². The Balaban J connectivity index is 0.00000242. The topological polar surface area (TPSA) is 25.2 Å². The Hall–Kier alpha value is -1.25. The summed E-state index contributed by atoms with van der Waals surface area (Å²) in [4.78, 5) is 0. The van der Waals surface area contributed by atoms with Gasteiger partial charge >= 0.3 is 0 Å². The van der Waals surface area contributed by atoms with Gasteiger partial charge in [0.25, 0.3) is 0 Å². The van der Waals surface area contributed by atoms with Gasteiger partial charge in [-0.05, 0) is 25.1 Å². The minimum atomic E-state index is 0. The molecular formula is C19H28ClNO. The maximum Gasteiger partial charge on any atom is 0.134 e. The van der Waals surface area contributed by atoms with E-state index in [9.17, 15) is 0 Å². The number of hydrogen-bond donors (Lipinski definition) is 1. The van der Waals surface area contributed by atoms with Gasteiger partial charge in [0.1, 0.15) is 11.5 Å². The van der Waals surface area contributed by atoms with Crippen molar-refractivity contribution in [2.75, 3.05) is 6.54 Å². The standard InChI is InChI=1S/C19H27NO.ClH/c1-2-3-4-5-6-10-15-20-16-18-13-14-19(21-18)17-11-8-7-9-12-17;/h7-9,11-14,20H,2-6,10,15-16H2,1H3;1H. The van der Waals surface area contributed by atoms with Crippen molar-refractivity contribution in [1.82, 2.24) is 5.32 Å². The highest BCUT2D eigenvalue weighted by atomic mass is 35.5. The smallest absolute Gasteiger partial charge is 0.134 e. The van der Waals surface area contributed by atoms with Gasteiger partial charge in [-0.15, -0.1) is 12.4 Å². The molecule has 0 aliphatic heterocycles. The normalized spacial score (nSPS) is 10.4. The maximum atomic E-state index is 5.87. The van der Waals surface area contributed by atoms with Crippen LogP contribution in [-0.4, -0.2) is 6.54 Å². The first kappa shape index (κ1) is 18.8. The summed E-state index contributed by atoms with van der Waals surface area (Å²) in [5.74, 6) is 1.96. The quantitative estimate of drug-likeness (QED) is 0.558. The van der Waals surface area contributed by atoms with Crippen LogP contribution in [0.1, 0.15) is 51.2 Å². The fourth-order valence-corrected chi connectivity index (χ4v) is 2.47. The Labute approximate surface area is 140 Å². The first-order valence-electron chi connectivity index (χ1n) is 8.25. The van der Waals surface area contributed by atoms with Crippen molar-refractivity contribution in [3.63, 3.8) is 0 Å². The predicted octanol–water partition coefficient (Wildman–Crippen LogP) is 5.82. The summed E-state index contributed by atoms with van der Waals surface area (Å²) in [5, 5.41) is 3.46. The molecule has 0 atom stereocenters. The van der Waals surface area contributed by atoms with E-state index >= 15 is 0 Å². The van der Waals surface area contributed by atoms with Gasteiger partial charge < -0.3 is 9.73 Å². The van der Waals surface area contributed by atoms with Crippen LogP contribution in [0.4, 0.5) is 0 Å². The molecular weight excluding hydrogens is 294 g/mol. The molecule has 2 rings (SSSR count). The molecule has 1 heterocycles. The van der Waals surface area contributed by atoms with Gasteiger partial charge in [0.15, 0.2) is 0 Å². The summed E-state index contributed by atoms with van der Waals surface area (Å²) in [7, 11) is 0. The SMILES string of the molecule is CCCCCCCCNCc1ccc(-c2ccccc2)o1.Cl. The molecule has 0 amide bonds. The van der Waals surface area contributed by atoms with E-state index in [0.717, 1.165) is 30.2 Å². The molecule has 3 heteroatoms. The van der Waals surface area contributed by atoms with Crippen LogP contribution in [0, 0.1) is 0 Å². The molecule has 2 aromatic rings. The third-order valence-corrected chi connectivity index (χ3v) is 3.73. The third kappa shape index (κ3) is 6.67. The molecule has 0 bridgehead atoms. The molecule has 0 saturated heterocycles. The number of rotatable bonds is 10. The maximum absolute atomic E-state index is 5.87. The lowest BCUT2D eigenvalue weighted by molar-refractivity contribution is 0.485. The Kier molecular flexibility index (Phi) is 9.69. The Morgan fingerprint density at radius 1 is 0.864 bits per heavy atom.